The number of alkyl halides is 3. The predicted molar refractivity (Wildman–Crippen MR) is 106 cm³/mol. The van der Waals surface area contributed by atoms with Gasteiger partial charge in [0, 0.05) is 18.2 Å². The quantitative estimate of drug-likeness (QED) is 0.753. The van der Waals surface area contributed by atoms with Crippen molar-refractivity contribution in [3.05, 3.63) is 42.2 Å². The number of nitrogens with one attached hydrogen (secondary N) is 1. The summed E-state index contributed by atoms with van der Waals surface area (Å²) in [7, 11) is 0. The van der Waals surface area contributed by atoms with Gasteiger partial charge in [-0.25, -0.2) is 9.48 Å². The standard InChI is InChI=1S/C21H26F3N3O4/c1-20(2,3)26-19(28)31-18-8-9-29-12-14(18)13-30-17-6-4-16(5-7-17)27-11-15(10-25-27)21(22,23)24/h4-7,10-11,14,18H,8-9,12-13H2,1-3H3,(H,26,28)/t14-,18+/m1/s1. The fourth-order valence-corrected chi connectivity index (χ4v) is 3.07. The molecule has 1 saturated heterocycles. The number of ether oxygens (including phenoxy) is 3. The zero-order valence-corrected chi connectivity index (χ0v) is 17.6. The molecule has 1 aromatic heterocycles. The van der Waals surface area contributed by atoms with E-state index in [2.05, 4.69) is 10.4 Å². The van der Waals surface area contributed by atoms with Gasteiger partial charge in [0.1, 0.15) is 11.9 Å². The van der Waals surface area contributed by atoms with Crippen LogP contribution in [0.5, 0.6) is 5.75 Å². The molecular weight excluding hydrogens is 415 g/mol. The number of nitrogens with zero attached hydrogens (tertiary/aromatic N) is 2. The lowest BCUT2D eigenvalue weighted by Gasteiger charge is -2.32. The fourth-order valence-electron chi connectivity index (χ4n) is 3.07. The molecule has 1 amide bonds. The number of amides is 1. The van der Waals surface area contributed by atoms with Crippen molar-refractivity contribution in [1.82, 2.24) is 15.1 Å². The number of halogens is 3. The van der Waals surface area contributed by atoms with E-state index in [1.807, 2.05) is 20.8 Å². The van der Waals surface area contributed by atoms with E-state index >= 15 is 0 Å². The van der Waals surface area contributed by atoms with E-state index in [0.29, 0.717) is 31.1 Å². The van der Waals surface area contributed by atoms with Gasteiger partial charge in [-0.1, -0.05) is 0 Å². The Labute approximate surface area is 178 Å². The van der Waals surface area contributed by atoms with Crippen molar-refractivity contribution in [3.8, 4) is 11.4 Å². The second-order valence-corrected chi connectivity index (χ2v) is 8.42. The number of aromatic nitrogens is 2. The zero-order chi connectivity index (χ0) is 22.6. The molecule has 10 heteroatoms. The van der Waals surface area contributed by atoms with Gasteiger partial charge in [-0.3, -0.25) is 0 Å². The lowest BCUT2D eigenvalue weighted by atomic mass is 9.99. The summed E-state index contributed by atoms with van der Waals surface area (Å²) in [6, 6.07) is 6.53. The highest BCUT2D eigenvalue weighted by molar-refractivity contribution is 5.68. The first kappa shape index (κ1) is 22.9. The molecule has 31 heavy (non-hydrogen) atoms. The summed E-state index contributed by atoms with van der Waals surface area (Å²) < 4.78 is 56.2. The molecular formula is C21H26F3N3O4. The van der Waals surface area contributed by atoms with Crippen LogP contribution in [0.4, 0.5) is 18.0 Å². The Balaban J connectivity index is 1.57. The highest BCUT2D eigenvalue weighted by Crippen LogP contribution is 2.29. The second kappa shape index (κ2) is 9.17. The number of hydrogen-bond donors (Lipinski definition) is 1. The van der Waals surface area contributed by atoms with E-state index < -0.39 is 23.4 Å². The Hall–Kier alpha value is -2.75. The minimum absolute atomic E-state index is 0.139. The number of alkyl carbamates (subject to hydrolysis) is 1. The molecule has 1 aliphatic rings. The van der Waals surface area contributed by atoms with Crippen LogP contribution in [-0.2, 0) is 15.7 Å². The van der Waals surface area contributed by atoms with Crippen LogP contribution in [0.3, 0.4) is 0 Å². The van der Waals surface area contributed by atoms with Gasteiger partial charge in [0.15, 0.2) is 0 Å². The highest BCUT2D eigenvalue weighted by Gasteiger charge is 2.32. The highest BCUT2D eigenvalue weighted by atomic mass is 19.4. The van der Waals surface area contributed by atoms with Crippen molar-refractivity contribution in [2.75, 3.05) is 19.8 Å². The van der Waals surface area contributed by atoms with Crippen LogP contribution in [0.15, 0.2) is 36.7 Å². The molecule has 1 aromatic carbocycles. The summed E-state index contributed by atoms with van der Waals surface area (Å²) in [5.41, 5.74) is -0.735. The van der Waals surface area contributed by atoms with Crippen molar-refractivity contribution < 1.29 is 32.2 Å². The summed E-state index contributed by atoms with van der Waals surface area (Å²) in [6.45, 7) is 6.79. The SMILES string of the molecule is CC(C)(C)NC(=O)O[C@H]1CCOC[C@@H]1COc1ccc(-n2cc(C(F)(F)F)cn2)cc1. The van der Waals surface area contributed by atoms with E-state index in [1.54, 1.807) is 24.3 Å². The average Bonchev–Trinajstić information content (AvgIpc) is 3.17. The number of benzene rings is 1. The molecule has 0 radical (unpaired) electrons. The lowest BCUT2D eigenvalue weighted by Crippen LogP contribution is -2.46. The monoisotopic (exact) mass is 441 g/mol. The third-order valence-electron chi connectivity index (χ3n) is 4.62. The van der Waals surface area contributed by atoms with Crippen LogP contribution in [0.1, 0.15) is 32.8 Å². The van der Waals surface area contributed by atoms with Gasteiger partial charge in [-0.2, -0.15) is 18.3 Å². The van der Waals surface area contributed by atoms with Crippen molar-refractivity contribution >= 4 is 6.09 Å². The van der Waals surface area contributed by atoms with Gasteiger partial charge in [0.05, 0.1) is 43.2 Å². The van der Waals surface area contributed by atoms with E-state index in [4.69, 9.17) is 14.2 Å². The predicted octanol–water partition coefficient (Wildman–Crippen LogP) is 4.20. The normalized spacial score (nSPS) is 19.7. The Kier molecular flexibility index (Phi) is 6.78. The van der Waals surface area contributed by atoms with Gasteiger partial charge < -0.3 is 19.5 Å². The molecule has 1 N–H and O–H groups in total. The van der Waals surface area contributed by atoms with E-state index in [0.717, 1.165) is 17.1 Å². The molecule has 0 unspecified atom stereocenters. The molecule has 2 aromatic rings. The van der Waals surface area contributed by atoms with Gasteiger partial charge >= 0.3 is 12.3 Å². The molecule has 0 aliphatic carbocycles. The molecule has 2 atom stereocenters. The molecule has 7 nitrogen and oxygen atoms in total. The summed E-state index contributed by atoms with van der Waals surface area (Å²) in [5, 5.41) is 6.52. The van der Waals surface area contributed by atoms with Crippen LogP contribution in [0.2, 0.25) is 0 Å². The van der Waals surface area contributed by atoms with E-state index in [9.17, 15) is 18.0 Å². The molecule has 1 fully saturated rings. The molecule has 2 heterocycles. The van der Waals surface area contributed by atoms with E-state index in [-0.39, 0.29) is 18.6 Å². The van der Waals surface area contributed by atoms with Gasteiger partial charge in [-0.15, -0.1) is 0 Å². The smallest absolute Gasteiger partial charge is 0.419 e. The summed E-state index contributed by atoms with van der Waals surface area (Å²) in [6.07, 6.45) is -2.97. The molecule has 3 rings (SSSR count). The third kappa shape index (κ3) is 6.61. The zero-order valence-electron chi connectivity index (χ0n) is 17.6. The van der Waals surface area contributed by atoms with E-state index in [1.165, 1.54) is 0 Å². The van der Waals surface area contributed by atoms with Gasteiger partial charge in [0.25, 0.3) is 0 Å². The van der Waals surface area contributed by atoms with Gasteiger partial charge in [0.2, 0.25) is 0 Å². The first-order valence-electron chi connectivity index (χ1n) is 9.93. The van der Waals surface area contributed by atoms with Crippen LogP contribution in [-0.4, -0.2) is 47.3 Å². The molecule has 0 spiro atoms. The number of hydrogen-bond acceptors (Lipinski definition) is 5. The van der Waals surface area contributed by atoms with Crippen LogP contribution < -0.4 is 10.1 Å². The first-order valence-corrected chi connectivity index (χ1v) is 9.93. The molecule has 0 saturated carbocycles. The average molecular weight is 441 g/mol. The topological polar surface area (TPSA) is 74.6 Å². The minimum Gasteiger partial charge on any atom is -0.493 e. The third-order valence-corrected chi connectivity index (χ3v) is 4.62. The Bertz CT molecular complexity index is 875. The Morgan fingerprint density at radius 1 is 1.26 bits per heavy atom. The van der Waals surface area contributed by atoms with Crippen LogP contribution >= 0.6 is 0 Å². The second-order valence-electron chi connectivity index (χ2n) is 8.42. The maximum atomic E-state index is 12.7. The largest absolute Gasteiger partial charge is 0.493 e. The Morgan fingerprint density at radius 3 is 2.58 bits per heavy atom. The molecule has 0 bridgehead atoms. The minimum atomic E-state index is -4.44. The Morgan fingerprint density at radius 2 is 1.97 bits per heavy atom. The van der Waals surface area contributed by atoms with Crippen molar-refractivity contribution in [2.45, 2.75) is 45.0 Å². The van der Waals surface area contributed by atoms with Crippen LogP contribution in [0, 0.1) is 5.92 Å². The van der Waals surface area contributed by atoms with Gasteiger partial charge in [-0.05, 0) is 45.0 Å². The van der Waals surface area contributed by atoms with Crippen LogP contribution in [0.25, 0.3) is 5.69 Å². The lowest BCUT2D eigenvalue weighted by molar-refractivity contribution is -0.137. The number of rotatable bonds is 5. The summed E-state index contributed by atoms with van der Waals surface area (Å²) in [4.78, 5) is 12.1. The molecule has 170 valence electrons. The summed E-state index contributed by atoms with van der Waals surface area (Å²) in [5.74, 6) is 0.398. The number of carbonyl (C=O) groups excluding carboxylic acids is 1. The van der Waals surface area contributed by atoms with Crippen molar-refractivity contribution in [3.63, 3.8) is 0 Å². The first-order chi connectivity index (χ1) is 14.5. The maximum absolute atomic E-state index is 12.7. The fraction of sp³-hybridized carbons (Fsp3) is 0.524. The number of carbonyl (C=O) groups is 1. The molecule has 1 aliphatic heterocycles. The van der Waals surface area contributed by atoms with Crippen molar-refractivity contribution in [2.24, 2.45) is 5.92 Å². The maximum Gasteiger partial charge on any atom is 0.419 e. The van der Waals surface area contributed by atoms with Crippen molar-refractivity contribution in [1.29, 1.82) is 0 Å². The summed E-state index contributed by atoms with van der Waals surface area (Å²) >= 11 is 0.